The van der Waals surface area contributed by atoms with Crippen LogP contribution in [0.5, 0.6) is 0 Å². The van der Waals surface area contributed by atoms with E-state index in [1.807, 2.05) is 23.0 Å². The third-order valence-electron chi connectivity index (χ3n) is 5.14. The van der Waals surface area contributed by atoms with Gasteiger partial charge in [-0.25, -0.2) is 0 Å². The van der Waals surface area contributed by atoms with Crippen LogP contribution in [0, 0.1) is 0 Å². The fraction of sp³-hybridized carbons (Fsp3) is 0.421. The number of aromatic nitrogens is 2. The predicted octanol–water partition coefficient (Wildman–Crippen LogP) is 2.42. The Morgan fingerprint density at radius 2 is 2.00 bits per heavy atom. The van der Waals surface area contributed by atoms with Crippen LogP contribution in [0.3, 0.4) is 0 Å². The summed E-state index contributed by atoms with van der Waals surface area (Å²) in [5.41, 5.74) is 1.13. The Morgan fingerprint density at radius 1 is 1.21 bits per heavy atom. The molecule has 2 amide bonds. The van der Waals surface area contributed by atoms with Gasteiger partial charge < -0.3 is 15.5 Å². The monoisotopic (exact) mass is 423 g/mol. The number of carbonyl (C=O) groups excluding carboxylic acids is 2. The standard InChI is InChI=1S/C19H22ClN5O2.ClH/c20-13-3-5-14(6-4-13)24-10-7-17(19(24)27)22-18(26)16-8-11-25(23-16)15-2-1-9-21-12-15;/h3-6,8,11,15,17,21H,1-2,7,9-10,12H2,(H,22,26);1H. The van der Waals surface area contributed by atoms with Crippen molar-refractivity contribution >= 4 is 41.5 Å². The number of piperidine rings is 1. The van der Waals surface area contributed by atoms with E-state index in [-0.39, 0.29) is 30.3 Å². The maximum atomic E-state index is 12.7. The summed E-state index contributed by atoms with van der Waals surface area (Å²) < 4.78 is 1.84. The number of hydrogen-bond donors (Lipinski definition) is 2. The number of nitrogens with zero attached hydrogens (tertiary/aromatic N) is 3. The van der Waals surface area contributed by atoms with E-state index in [1.54, 1.807) is 23.1 Å². The molecule has 28 heavy (non-hydrogen) atoms. The average molecular weight is 424 g/mol. The molecule has 0 radical (unpaired) electrons. The largest absolute Gasteiger partial charge is 0.339 e. The molecule has 2 aromatic rings. The van der Waals surface area contributed by atoms with Crippen molar-refractivity contribution < 1.29 is 9.59 Å². The quantitative estimate of drug-likeness (QED) is 0.790. The second-order valence-corrected chi connectivity index (χ2v) is 7.40. The number of rotatable bonds is 4. The first-order valence-corrected chi connectivity index (χ1v) is 9.63. The second-order valence-electron chi connectivity index (χ2n) is 6.96. The van der Waals surface area contributed by atoms with E-state index in [0.717, 1.165) is 31.6 Å². The molecule has 2 saturated heterocycles. The molecule has 2 aliphatic rings. The maximum Gasteiger partial charge on any atom is 0.272 e. The van der Waals surface area contributed by atoms with Crippen molar-refractivity contribution in [1.82, 2.24) is 20.4 Å². The lowest BCUT2D eigenvalue weighted by molar-refractivity contribution is -0.118. The second kappa shape index (κ2) is 8.94. The first-order chi connectivity index (χ1) is 13.1. The number of anilines is 1. The van der Waals surface area contributed by atoms with Crippen molar-refractivity contribution in [3.8, 4) is 0 Å². The minimum absolute atomic E-state index is 0. The van der Waals surface area contributed by atoms with Gasteiger partial charge in [0.15, 0.2) is 0 Å². The Bertz CT molecular complexity index is 833. The van der Waals surface area contributed by atoms with E-state index in [9.17, 15) is 9.59 Å². The van der Waals surface area contributed by atoms with Gasteiger partial charge in [0.1, 0.15) is 11.7 Å². The minimum atomic E-state index is -0.533. The van der Waals surface area contributed by atoms with E-state index in [1.165, 1.54) is 0 Å². The molecule has 2 aliphatic heterocycles. The van der Waals surface area contributed by atoms with E-state index >= 15 is 0 Å². The SMILES string of the molecule is Cl.O=C(NC1CCN(c2ccc(Cl)cc2)C1=O)c1ccn(C2CCCNC2)n1. The molecule has 0 spiro atoms. The molecule has 2 fully saturated rings. The molecule has 0 saturated carbocycles. The molecule has 2 atom stereocenters. The summed E-state index contributed by atoms with van der Waals surface area (Å²) in [4.78, 5) is 26.9. The fourth-order valence-corrected chi connectivity index (χ4v) is 3.77. The molecule has 7 nitrogen and oxygen atoms in total. The fourth-order valence-electron chi connectivity index (χ4n) is 3.65. The summed E-state index contributed by atoms with van der Waals surface area (Å²) in [5, 5.41) is 11.2. The highest BCUT2D eigenvalue weighted by atomic mass is 35.5. The zero-order valence-corrected chi connectivity index (χ0v) is 16.9. The molecule has 0 bridgehead atoms. The number of benzene rings is 1. The summed E-state index contributed by atoms with van der Waals surface area (Å²) >= 11 is 5.90. The lowest BCUT2D eigenvalue weighted by atomic mass is 10.1. The van der Waals surface area contributed by atoms with Gasteiger partial charge in [-0.15, -0.1) is 12.4 Å². The zero-order valence-electron chi connectivity index (χ0n) is 15.3. The highest BCUT2D eigenvalue weighted by molar-refractivity contribution is 6.30. The van der Waals surface area contributed by atoms with E-state index in [0.29, 0.717) is 23.7 Å². The summed E-state index contributed by atoms with van der Waals surface area (Å²) in [5.74, 6) is -0.421. The third-order valence-corrected chi connectivity index (χ3v) is 5.39. The number of halogens is 2. The van der Waals surface area contributed by atoms with Gasteiger partial charge in [0.2, 0.25) is 5.91 Å². The Balaban J connectivity index is 0.00000225. The van der Waals surface area contributed by atoms with Crippen molar-refractivity contribution in [2.45, 2.75) is 31.3 Å². The molecule has 4 rings (SSSR count). The minimum Gasteiger partial charge on any atom is -0.339 e. The number of amides is 2. The number of hydrogen-bond acceptors (Lipinski definition) is 4. The molecule has 0 aliphatic carbocycles. The smallest absolute Gasteiger partial charge is 0.272 e. The van der Waals surface area contributed by atoms with Crippen LogP contribution in [0.1, 0.15) is 35.8 Å². The van der Waals surface area contributed by atoms with Crippen molar-refractivity contribution in [2.24, 2.45) is 0 Å². The van der Waals surface area contributed by atoms with Gasteiger partial charge in [-0.2, -0.15) is 5.10 Å². The maximum absolute atomic E-state index is 12.7. The van der Waals surface area contributed by atoms with Crippen LogP contribution in [0.25, 0.3) is 0 Å². The Hall–Kier alpha value is -2.09. The predicted molar refractivity (Wildman–Crippen MR) is 110 cm³/mol. The van der Waals surface area contributed by atoms with Gasteiger partial charge >= 0.3 is 0 Å². The van der Waals surface area contributed by atoms with Gasteiger partial charge in [-0.3, -0.25) is 14.3 Å². The van der Waals surface area contributed by atoms with E-state index in [2.05, 4.69) is 15.7 Å². The van der Waals surface area contributed by atoms with Gasteiger partial charge in [0.05, 0.1) is 6.04 Å². The average Bonchev–Trinajstić information content (AvgIpc) is 3.31. The lowest BCUT2D eigenvalue weighted by Crippen LogP contribution is -2.41. The summed E-state index contributed by atoms with van der Waals surface area (Å²) in [6.07, 6.45) is 4.56. The molecule has 150 valence electrons. The molecular weight excluding hydrogens is 401 g/mol. The highest BCUT2D eigenvalue weighted by Crippen LogP contribution is 2.23. The number of nitrogens with one attached hydrogen (secondary N) is 2. The van der Waals surface area contributed by atoms with Crippen LogP contribution in [-0.2, 0) is 4.79 Å². The summed E-state index contributed by atoms with van der Waals surface area (Å²) in [6, 6.07) is 8.57. The number of carbonyl (C=O) groups is 2. The van der Waals surface area contributed by atoms with Crippen molar-refractivity contribution in [3.63, 3.8) is 0 Å². The normalized spacial score (nSPS) is 22.0. The van der Waals surface area contributed by atoms with E-state index in [4.69, 9.17) is 11.6 Å². The molecule has 1 aromatic heterocycles. The summed E-state index contributed by atoms with van der Waals surface area (Å²) in [7, 11) is 0. The Labute approximate surface area is 174 Å². The first kappa shape index (κ1) is 20.6. The zero-order chi connectivity index (χ0) is 18.8. The van der Waals surface area contributed by atoms with Crippen molar-refractivity contribution in [2.75, 3.05) is 24.5 Å². The van der Waals surface area contributed by atoms with Crippen LogP contribution in [0.2, 0.25) is 5.02 Å². The Morgan fingerprint density at radius 3 is 2.71 bits per heavy atom. The topological polar surface area (TPSA) is 79.3 Å². The Kier molecular flexibility index (Phi) is 6.59. The van der Waals surface area contributed by atoms with Gasteiger partial charge in [-0.05, 0) is 56.1 Å². The van der Waals surface area contributed by atoms with Gasteiger partial charge in [0.25, 0.3) is 5.91 Å². The molecule has 2 N–H and O–H groups in total. The van der Waals surface area contributed by atoms with Crippen LogP contribution in [0.15, 0.2) is 36.5 Å². The van der Waals surface area contributed by atoms with Gasteiger partial charge in [0, 0.05) is 30.0 Å². The molecular formula is C19H23Cl2N5O2. The molecule has 3 heterocycles. The lowest BCUT2D eigenvalue weighted by Gasteiger charge is -2.22. The molecule has 1 aromatic carbocycles. The molecule has 2 unspecified atom stereocenters. The van der Waals surface area contributed by atoms with Crippen LogP contribution in [0.4, 0.5) is 5.69 Å². The van der Waals surface area contributed by atoms with Gasteiger partial charge in [-0.1, -0.05) is 11.6 Å². The van der Waals surface area contributed by atoms with Crippen molar-refractivity contribution in [3.05, 3.63) is 47.2 Å². The van der Waals surface area contributed by atoms with Crippen molar-refractivity contribution in [1.29, 1.82) is 0 Å². The van der Waals surface area contributed by atoms with E-state index < -0.39 is 6.04 Å². The van der Waals surface area contributed by atoms with Crippen LogP contribution >= 0.6 is 24.0 Å². The third kappa shape index (κ3) is 4.32. The first-order valence-electron chi connectivity index (χ1n) is 9.25. The highest BCUT2D eigenvalue weighted by Gasteiger charge is 2.34. The van der Waals surface area contributed by atoms with Crippen LogP contribution in [-0.4, -0.2) is 47.3 Å². The van der Waals surface area contributed by atoms with Crippen LogP contribution < -0.4 is 15.5 Å². The molecule has 9 heteroatoms. The summed E-state index contributed by atoms with van der Waals surface area (Å²) in [6.45, 7) is 2.45.